The molecule has 6 heteroatoms. The van der Waals surface area contributed by atoms with Gasteiger partial charge in [0.25, 0.3) is 0 Å². The molecule has 0 aliphatic carbocycles. The second-order valence-corrected chi connectivity index (χ2v) is 16.1. The van der Waals surface area contributed by atoms with Gasteiger partial charge in [-0.25, -0.2) is 0 Å². The monoisotopic (exact) mass is 360 g/mol. The molecule has 1 heterocycles. The molecule has 1 aliphatic heterocycles. The fraction of sp³-hybridized carbons (Fsp3) is 1.00. The number of nitrogens with zero attached hydrogens (tertiary/aromatic N) is 2. The predicted molar refractivity (Wildman–Crippen MR) is 105 cm³/mol. The highest BCUT2D eigenvalue weighted by molar-refractivity contribution is 6.77. The van der Waals surface area contributed by atoms with Gasteiger partial charge in [-0.15, -0.1) is 0 Å². The molecule has 4 nitrogen and oxygen atoms in total. The molecule has 23 heavy (non-hydrogen) atoms. The van der Waals surface area contributed by atoms with Gasteiger partial charge < -0.3 is 18.3 Å². The fourth-order valence-electron chi connectivity index (χ4n) is 4.21. The third kappa shape index (κ3) is 5.64. The minimum atomic E-state index is -1.94. The third-order valence-corrected chi connectivity index (χ3v) is 15.1. The van der Waals surface area contributed by atoms with Gasteiger partial charge in [-0.05, 0) is 36.6 Å². The van der Waals surface area contributed by atoms with Gasteiger partial charge in [-0.1, -0.05) is 27.7 Å². The minimum absolute atomic E-state index is 0.642. The Morgan fingerprint density at radius 2 is 1.39 bits per heavy atom. The standard InChI is InChI=1S/C17H40N2O2Si2/c1-8-23(9-2,10-3)19-13-11-18(12-14-19)15-17(4)16-22(7,20-5)21-6/h17H,8-16H2,1-7H3. The molecular formula is C17H40N2O2Si2. The summed E-state index contributed by atoms with van der Waals surface area (Å²) in [6.45, 7) is 18.0. The maximum atomic E-state index is 5.65. The molecule has 1 unspecified atom stereocenters. The van der Waals surface area contributed by atoms with Crippen LogP contribution < -0.4 is 0 Å². The molecule has 0 radical (unpaired) electrons. The maximum Gasteiger partial charge on any atom is 0.334 e. The van der Waals surface area contributed by atoms with Crippen LogP contribution in [0.3, 0.4) is 0 Å². The highest BCUT2D eigenvalue weighted by Gasteiger charge is 2.37. The predicted octanol–water partition coefficient (Wildman–Crippen LogP) is 3.61. The van der Waals surface area contributed by atoms with E-state index >= 15 is 0 Å². The van der Waals surface area contributed by atoms with E-state index in [4.69, 9.17) is 8.85 Å². The lowest BCUT2D eigenvalue weighted by molar-refractivity contribution is 0.160. The zero-order valence-electron chi connectivity index (χ0n) is 16.7. The Balaban J connectivity index is 2.47. The number of rotatable bonds is 10. The van der Waals surface area contributed by atoms with Crippen LogP contribution in [0.5, 0.6) is 0 Å². The Hall–Kier alpha value is 0.274. The Kier molecular flexibility index (Phi) is 8.97. The zero-order valence-corrected chi connectivity index (χ0v) is 18.7. The summed E-state index contributed by atoms with van der Waals surface area (Å²) < 4.78 is 14.2. The first-order valence-electron chi connectivity index (χ1n) is 9.46. The SMILES string of the molecule is CC[Si](CC)(CC)N1CCN(CC(C)C[Si](C)(OC)OC)CC1. The smallest absolute Gasteiger partial charge is 0.334 e. The lowest BCUT2D eigenvalue weighted by Crippen LogP contribution is -2.59. The van der Waals surface area contributed by atoms with Gasteiger partial charge in [0.1, 0.15) is 8.24 Å². The van der Waals surface area contributed by atoms with Crippen molar-refractivity contribution in [2.24, 2.45) is 5.92 Å². The third-order valence-electron chi connectivity index (χ3n) is 6.17. The Morgan fingerprint density at radius 3 is 1.78 bits per heavy atom. The van der Waals surface area contributed by atoms with Crippen LogP contribution in [0.2, 0.25) is 30.7 Å². The Labute approximate surface area is 146 Å². The summed E-state index contributed by atoms with van der Waals surface area (Å²) in [5.74, 6) is 0.642. The van der Waals surface area contributed by atoms with Crippen molar-refractivity contribution in [3.8, 4) is 0 Å². The van der Waals surface area contributed by atoms with Crippen molar-refractivity contribution in [3.63, 3.8) is 0 Å². The molecule has 1 saturated heterocycles. The van der Waals surface area contributed by atoms with Crippen LogP contribution in [0.4, 0.5) is 0 Å². The van der Waals surface area contributed by atoms with Crippen LogP contribution >= 0.6 is 0 Å². The van der Waals surface area contributed by atoms with Crippen LogP contribution in [-0.2, 0) is 8.85 Å². The molecule has 0 aromatic carbocycles. The van der Waals surface area contributed by atoms with Crippen molar-refractivity contribution in [3.05, 3.63) is 0 Å². The van der Waals surface area contributed by atoms with Crippen LogP contribution in [0.1, 0.15) is 27.7 Å². The molecule has 0 N–H and O–H groups in total. The first-order valence-corrected chi connectivity index (χ1v) is 14.6. The van der Waals surface area contributed by atoms with Crippen LogP contribution in [0.15, 0.2) is 0 Å². The van der Waals surface area contributed by atoms with Crippen LogP contribution in [0.25, 0.3) is 0 Å². The largest absolute Gasteiger partial charge is 0.398 e. The summed E-state index contributed by atoms with van der Waals surface area (Å²) in [7, 11) is 0.496. The molecule has 1 aliphatic rings. The minimum Gasteiger partial charge on any atom is -0.398 e. The Morgan fingerprint density at radius 1 is 0.913 bits per heavy atom. The van der Waals surface area contributed by atoms with E-state index in [2.05, 4.69) is 43.7 Å². The van der Waals surface area contributed by atoms with E-state index in [1.54, 1.807) is 14.2 Å². The molecular weight excluding hydrogens is 320 g/mol. The number of hydrogen-bond acceptors (Lipinski definition) is 4. The summed E-state index contributed by atoms with van der Waals surface area (Å²) in [4.78, 5) is 2.65. The summed E-state index contributed by atoms with van der Waals surface area (Å²) in [6, 6.07) is 5.30. The summed E-state index contributed by atoms with van der Waals surface area (Å²) in [5.41, 5.74) is 0. The second-order valence-electron chi connectivity index (χ2n) is 7.42. The Bertz CT molecular complexity index is 320. The van der Waals surface area contributed by atoms with E-state index in [-0.39, 0.29) is 0 Å². The zero-order chi connectivity index (χ0) is 17.5. The fourth-order valence-corrected chi connectivity index (χ4v) is 10.1. The molecule has 0 bridgehead atoms. The van der Waals surface area contributed by atoms with E-state index in [1.165, 1.54) is 50.9 Å². The van der Waals surface area contributed by atoms with E-state index in [0.717, 1.165) is 6.04 Å². The van der Waals surface area contributed by atoms with Crippen molar-refractivity contribution < 1.29 is 8.85 Å². The lowest BCUT2D eigenvalue weighted by atomic mass is 10.2. The number of piperazine rings is 1. The van der Waals surface area contributed by atoms with Gasteiger partial charge in [0, 0.05) is 46.9 Å². The molecule has 1 fully saturated rings. The van der Waals surface area contributed by atoms with E-state index in [1.807, 2.05) is 0 Å². The van der Waals surface area contributed by atoms with Crippen molar-refractivity contribution >= 4 is 16.8 Å². The highest BCUT2D eigenvalue weighted by Crippen LogP contribution is 2.26. The topological polar surface area (TPSA) is 24.9 Å². The quantitative estimate of drug-likeness (QED) is 0.556. The van der Waals surface area contributed by atoms with E-state index < -0.39 is 16.8 Å². The van der Waals surface area contributed by atoms with Crippen molar-refractivity contribution in [2.75, 3.05) is 46.9 Å². The second kappa shape index (κ2) is 9.68. The maximum absolute atomic E-state index is 5.65. The first-order chi connectivity index (χ1) is 10.9. The van der Waals surface area contributed by atoms with Crippen molar-refractivity contribution in [1.29, 1.82) is 0 Å². The van der Waals surface area contributed by atoms with Crippen molar-refractivity contribution in [2.45, 2.75) is 58.4 Å². The molecule has 0 aromatic rings. The molecule has 1 atom stereocenters. The normalized spacial score (nSPS) is 20.0. The van der Waals surface area contributed by atoms with Crippen LogP contribution in [0, 0.1) is 5.92 Å². The molecule has 0 aromatic heterocycles. The molecule has 0 spiro atoms. The average molecular weight is 361 g/mol. The molecule has 138 valence electrons. The van der Waals surface area contributed by atoms with Gasteiger partial charge in [0.15, 0.2) is 0 Å². The van der Waals surface area contributed by atoms with Crippen molar-refractivity contribution in [1.82, 2.24) is 9.47 Å². The van der Waals surface area contributed by atoms with Gasteiger partial charge in [0.05, 0.1) is 0 Å². The van der Waals surface area contributed by atoms with Gasteiger partial charge in [-0.2, -0.15) is 0 Å². The molecule has 0 amide bonds. The summed E-state index contributed by atoms with van der Waals surface area (Å²) in [6.07, 6.45) is 0. The molecule has 1 rings (SSSR count). The summed E-state index contributed by atoms with van der Waals surface area (Å²) >= 11 is 0. The summed E-state index contributed by atoms with van der Waals surface area (Å²) in [5, 5.41) is 0. The van der Waals surface area contributed by atoms with Gasteiger partial charge >= 0.3 is 8.56 Å². The van der Waals surface area contributed by atoms with Gasteiger partial charge in [0.2, 0.25) is 0 Å². The average Bonchev–Trinajstić information content (AvgIpc) is 2.58. The van der Waals surface area contributed by atoms with Crippen LogP contribution in [-0.4, -0.2) is 73.2 Å². The first kappa shape index (κ1) is 21.3. The van der Waals surface area contributed by atoms with E-state index in [9.17, 15) is 0 Å². The lowest BCUT2D eigenvalue weighted by Gasteiger charge is -2.46. The van der Waals surface area contributed by atoms with E-state index in [0.29, 0.717) is 5.92 Å². The molecule has 0 saturated carbocycles. The number of hydrogen-bond donors (Lipinski definition) is 0. The highest BCUT2D eigenvalue weighted by atomic mass is 28.4. The van der Waals surface area contributed by atoms with Gasteiger partial charge in [-0.3, -0.25) is 0 Å².